The van der Waals surface area contributed by atoms with E-state index in [1.807, 2.05) is 0 Å². The zero-order chi connectivity index (χ0) is 21.6. The minimum absolute atomic E-state index is 0.0952. The Hall–Kier alpha value is -3.83. The summed E-state index contributed by atoms with van der Waals surface area (Å²) < 4.78 is 42.8. The number of aromatic hydroxyl groups is 1. The normalized spacial score (nSPS) is 11.3. The first-order chi connectivity index (χ1) is 13.6. The first kappa shape index (κ1) is 21.5. The molecule has 0 saturated carbocycles. The molecule has 0 saturated heterocycles. The minimum Gasteiger partial charge on any atom is -0.500 e. The number of nitro benzene ring substituents is 1. The summed E-state index contributed by atoms with van der Waals surface area (Å²) >= 11 is 0. The van der Waals surface area contributed by atoms with Crippen LogP contribution in [0.2, 0.25) is 0 Å². The fourth-order valence-electron chi connectivity index (χ4n) is 2.19. The summed E-state index contributed by atoms with van der Waals surface area (Å²) in [5.41, 5.74) is 0.914. The van der Waals surface area contributed by atoms with Gasteiger partial charge in [0.15, 0.2) is 5.75 Å². The van der Waals surface area contributed by atoms with E-state index >= 15 is 0 Å². The second-order valence-electron chi connectivity index (χ2n) is 5.57. The van der Waals surface area contributed by atoms with E-state index in [0.29, 0.717) is 0 Å². The number of hydrogen-bond acceptors (Lipinski definition) is 7. The first-order valence-corrected chi connectivity index (χ1v) is 7.90. The maximum absolute atomic E-state index is 12.7. The lowest BCUT2D eigenvalue weighted by molar-refractivity contribution is -0.386. The molecule has 0 aliphatic carbocycles. The molecule has 1 amide bonds. The number of methoxy groups -OCH3 is 1. The van der Waals surface area contributed by atoms with Crippen molar-refractivity contribution in [3.05, 3.63) is 57.6 Å². The molecule has 0 atom stereocenters. The van der Waals surface area contributed by atoms with Gasteiger partial charge in [-0.2, -0.15) is 18.3 Å². The van der Waals surface area contributed by atoms with Crippen LogP contribution in [0.15, 0.2) is 41.5 Å². The number of hydrogen-bond donors (Lipinski definition) is 3. The van der Waals surface area contributed by atoms with Gasteiger partial charge in [0, 0.05) is 17.3 Å². The smallest absolute Gasteiger partial charge is 0.416 e. The Morgan fingerprint density at radius 3 is 2.69 bits per heavy atom. The van der Waals surface area contributed by atoms with E-state index in [1.165, 1.54) is 25.3 Å². The number of carbonyl (C=O) groups excluding carboxylic acids is 1. The Morgan fingerprint density at radius 2 is 2.07 bits per heavy atom. The van der Waals surface area contributed by atoms with Gasteiger partial charge in [0.2, 0.25) is 5.75 Å². The lowest BCUT2D eigenvalue weighted by atomic mass is 10.2. The number of benzene rings is 2. The van der Waals surface area contributed by atoms with Crippen molar-refractivity contribution in [1.82, 2.24) is 5.43 Å². The maximum Gasteiger partial charge on any atom is 0.416 e. The van der Waals surface area contributed by atoms with E-state index in [1.54, 1.807) is 0 Å². The Balaban J connectivity index is 1.98. The molecule has 29 heavy (non-hydrogen) atoms. The summed E-state index contributed by atoms with van der Waals surface area (Å²) in [4.78, 5) is 21.9. The van der Waals surface area contributed by atoms with Crippen molar-refractivity contribution in [2.75, 3.05) is 19.0 Å². The van der Waals surface area contributed by atoms with E-state index in [-0.39, 0.29) is 23.5 Å². The largest absolute Gasteiger partial charge is 0.500 e. The predicted octanol–water partition coefficient (Wildman–Crippen LogP) is 2.89. The summed E-state index contributed by atoms with van der Waals surface area (Å²) in [5, 5.41) is 26.8. The standard InChI is InChI=1S/C17H15F3N4O5/c1-29-14-6-10(5-13(16(14)26)24(27)28)8-22-23-15(25)9-21-12-4-2-3-11(7-12)17(18,19)20/h2-8,21,26H,9H2,1H3,(H,23,25)/b22-8-. The van der Waals surface area contributed by atoms with Gasteiger partial charge in [-0.1, -0.05) is 6.07 Å². The molecule has 2 rings (SSSR count). The van der Waals surface area contributed by atoms with Crippen LogP contribution in [0.3, 0.4) is 0 Å². The molecule has 0 fully saturated rings. The molecular weight excluding hydrogens is 397 g/mol. The number of carbonyl (C=O) groups is 1. The number of ether oxygens (including phenoxy) is 1. The number of halogens is 3. The summed E-state index contributed by atoms with van der Waals surface area (Å²) in [6.45, 7) is -0.363. The van der Waals surface area contributed by atoms with Gasteiger partial charge in [0.25, 0.3) is 5.91 Å². The second kappa shape index (κ2) is 8.91. The SMILES string of the molecule is COc1cc(/C=N\NC(=O)CNc2cccc(C(F)(F)F)c2)cc([N+](=O)[O-])c1O. The first-order valence-electron chi connectivity index (χ1n) is 7.90. The number of nitrogens with zero attached hydrogens (tertiary/aromatic N) is 2. The van der Waals surface area contributed by atoms with E-state index < -0.39 is 34.0 Å². The van der Waals surface area contributed by atoms with Crippen LogP contribution < -0.4 is 15.5 Å². The zero-order valence-corrected chi connectivity index (χ0v) is 14.9. The molecule has 0 unspecified atom stereocenters. The van der Waals surface area contributed by atoms with Crippen molar-refractivity contribution < 1.29 is 32.7 Å². The summed E-state index contributed by atoms with van der Waals surface area (Å²) in [6, 6.07) is 6.62. The van der Waals surface area contributed by atoms with Crippen LogP contribution in [0, 0.1) is 10.1 Å². The maximum atomic E-state index is 12.7. The number of nitro groups is 1. The highest BCUT2D eigenvalue weighted by Crippen LogP contribution is 2.36. The number of hydrazone groups is 1. The van der Waals surface area contributed by atoms with Gasteiger partial charge in [-0.3, -0.25) is 14.9 Å². The Morgan fingerprint density at radius 1 is 1.34 bits per heavy atom. The van der Waals surface area contributed by atoms with Gasteiger partial charge in [-0.25, -0.2) is 5.43 Å². The van der Waals surface area contributed by atoms with E-state index in [2.05, 4.69) is 15.8 Å². The molecule has 0 aromatic heterocycles. The molecule has 2 aromatic rings. The molecule has 0 radical (unpaired) electrons. The van der Waals surface area contributed by atoms with Crippen molar-refractivity contribution >= 4 is 23.5 Å². The Labute approximate surface area is 161 Å². The third-order valence-electron chi connectivity index (χ3n) is 3.54. The van der Waals surface area contributed by atoms with Crippen molar-refractivity contribution in [2.24, 2.45) is 5.10 Å². The average molecular weight is 412 g/mol. The van der Waals surface area contributed by atoms with Crippen LogP contribution in [0.1, 0.15) is 11.1 Å². The third-order valence-corrected chi connectivity index (χ3v) is 3.54. The number of anilines is 1. The molecule has 0 bridgehead atoms. The van der Waals surface area contributed by atoms with Crippen molar-refractivity contribution in [3.63, 3.8) is 0 Å². The molecule has 9 nitrogen and oxygen atoms in total. The van der Waals surface area contributed by atoms with Crippen LogP contribution in [0.5, 0.6) is 11.5 Å². The average Bonchev–Trinajstić information content (AvgIpc) is 2.66. The van der Waals surface area contributed by atoms with Crippen LogP contribution in [-0.4, -0.2) is 35.8 Å². The number of phenols is 1. The van der Waals surface area contributed by atoms with E-state index in [4.69, 9.17) is 4.74 Å². The number of phenolic OH excluding ortho intramolecular Hbond substituents is 1. The fraction of sp³-hybridized carbons (Fsp3) is 0.176. The molecular formula is C17H15F3N4O5. The van der Waals surface area contributed by atoms with Crippen molar-refractivity contribution in [2.45, 2.75) is 6.18 Å². The lowest BCUT2D eigenvalue weighted by Crippen LogP contribution is -2.26. The van der Waals surface area contributed by atoms with Crippen molar-refractivity contribution in [1.29, 1.82) is 0 Å². The third kappa shape index (κ3) is 5.82. The van der Waals surface area contributed by atoms with Crippen LogP contribution >= 0.6 is 0 Å². The van der Waals surface area contributed by atoms with Crippen LogP contribution in [0.4, 0.5) is 24.5 Å². The minimum atomic E-state index is -4.50. The Bertz CT molecular complexity index is 947. The molecule has 0 heterocycles. The van der Waals surface area contributed by atoms with Gasteiger partial charge >= 0.3 is 11.9 Å². The zero-order valence-electron chi connectivity index (χ0n) is 14.9. The number of rotatable bonds is 7. The molecule has 3 N–H and O–H groups in total. The van der Waals surface area contributed by atoms with E-state index in [9.17, 15) is 33.2 Å². The van der Waals surface area contributed by atoms with Crippen LogP contribution in [0.25, 0.3) is 0 Å². The molecule has 2 aromatic carbocycles. The van der Waals surface area contributed by atoms with Gasteiger partial charge in [0.1, 0.15) is 0 Å². The Kier molecular flexibility index (Phi) is 6.59. The number of alkyl halides is 3. The second-order valence-corrected chi connectivity index (χ2v) is 5.57. The highest BCUT2D eigenvalue weighted by Gasteiger charge is 2.30. The topological polar surface area (TPSA) is 126 Å². The molecule has 0 spiro atoms. The summed E-state index contributed by atoms with van der Waals surface area (Å²) in [5.74, 6) is -1.47. The van der Waals surface area contributed by atoms with Gasteiger partial charge in [-0.05, 0) is 24.3 Å². The highest BCUT2D eigenvalue weighted by molar-refractivity contribution is 5.86. The molecule has 0 aliphatic heterocycles. The lowest BCUT2D eigenvalue weighted by Gasteiger charge is -2.10. The molecule has 12 heteroatoms. The monoisotopic (exact) mass is 412 g/mol. The van der Waals surface area contributed by atoms with Crippen LogP contribution in [-0.2, 0) is 11.0 Å². The fourth-order valence-corrected chi connectivity index (χ4v) is 2.19. The quantitative estimate of drug-likeness (QED) is 0.365. The number of nitrogens with one attached hydrogen (secondary N) is 2. The predicted molar refractivity (Wildman–Crippen MR) is 97.0 cm³/mol. The van der Waals surface area contributed by atoms with Gasteiger partial charge in [0.05, 0.1) is 30.4 Å². The number of amides is 1. The molecule has 154 valence electrons. The molecule has 0 aliphatic rings. The van der Waals surface area contributed by atoms with Crippen molar-refractivity contribution in [3.8, 4) is 11.5 Å². The van der Waals surface area contributed by atoms with E-state index in [0.717, 1.165) is 24.4 Å². The van der Waals surface area contributed by atoms with Gasteiger partial charge in [-0.15, -0.1) is 0 Å². The highest BCUT2D eigenvalue weighted by atomic mass is 19.4. The summed E-state index contributed by atoms with van der Waals surface area (Å²) in [7, 11) is 1.21. The summed E-state index contributed by atoms with van der Waals surface area (Å²) in [6.07, 6.45) is -3.42. The van der Waals surface area contributed by atoms with Gasteiger partial charge < -0.3 is 15.2 Å².